The van der Waals surface area contributed by atoms with Gasteiger partial charge in [0, 0.05) is 12.1 Å². The van der Waals surface area contributed by atoms with Gasteiger partial charge in [0.1, 0.15) is 11.8 Å². The van der Waals surface area contributed by atoms with Crippen LogP contribution in [0.25, 0.3) is 6.08 Å². The maximum absolute atomic E-state index is 12.9. The minimum absolute atomic E-state index is 0.0249. The molecule has 0 fully saturated rings. The number of carbonyl (C=O) groups is 2. The fourth-order valence-electron chi connectivity index (χ4n) is 2.75. The fourth-order valence-corrected chi connectivity index (χ4v) is 2.75. The third-order valence-corrected chi connectivity index (χ3v) is 4.20. The van der Waals surface area contributed by atoms with E-state index in [1.165, 1.54) is 32.2 Å². The van der Waals surface area contributed by atoms with Crippen LogP contribution in [-0.4, -0.2) is 35.1 Å². The van der Waals surface area contributed by atoms with Gasteiger partial charge in [-0.25, -0.2) is 4.79 Å². The SMILES string of the molecule is COc1cccc(/C=C2/Oc3ccc([N+](=O)[O-])cc3N(C(C)C(=O)O)C2=O)c1. The van der Waals surface area contributed by atoms with Crippen LogP contribution in [-0.2, 0) is 9.59 Å². The van der Waals surface area contributed by atoms with E-state index in [1.54, 1.807) is 24.3 Å². The molecule has 3 rings (SSSR count). The highest BCUT2D eigenvalue weighted by molar-refractivity contribution is 6.12. The summed E-state index contributed by atoms with van der Waals surface area (Å²) in [6.45, 7) is 1.32. The van der Waals surface area contributed by atoms with Crippen LogP contribution in [0.3, 0.4) is 0 Å². The Kier molecular flexibility index (Phi) is 4.99. The number of nitro benzene ring substituents is 1. The van der Waals surface area contributed by atoms with Crippen molar-refractivity contribution in [2.24, 2.45) is 0 Å². The molecule has 9 heteroatoms. The molecule has 0 saturated carbocycles. The molecule has 1 N–H and O–H groups in total. The number of fused-ring (bicyclic) bond motifs is 1. The molecular formula is C19H16N2O7. The lowest BCUT2D eigenvalue weighted by Gasteiger charge is -2.32. The molecule has 0 saturated heterocycles. The number of carboxylic acid groups (broad SMARTS) is 1. The lowest BCUT2D eigenvalue weighted by atomic mass is 10.1. The number of aliphatic carboxylic acids is 1. The first-order valence-electron chi connectivity index (χ1n) is 8.20. The van der Waals surface area contributed by atoms with E-state index in [-0.39, 0.29) is 22.9 Å². The van der Waals surface area contributed by atoms with Gasteiger partial charge in [0.2, 0.25) is 0 Å². The predicted molar refractivity (Wildman–Crippen MR) is 99.3 cm³/mol. The van der Waals surface area contributed by atoms with Crippen LogP contribution in [0.5, 0.6) is 11.5 Å². The maximum atomic E-state index is 12.9. The number of amides is 1. The Hall–Kier alpha value is -3.88. The molecule has 1 heterocycles. The third-order valence-electron chi connectivity index (χ3n) is 4.20. The first-order valence-corrected chi connectivity index (χ1v) is 8.20. The number of methoxy groups -OCH3 is 1. The molecule has 0 bridgehead atoms. The number of anilines is 1. The quantitative estimate of drug-likeness (QED) is 0.478. The van der Waals surface area contributed by atoms with Crippen LogP contribution in [0.2, 0.25) is 0 Å². The minimum Gasteiger partial charge on any atom is -0.497 e. The van der Waals surface area contributed by atoms with Gasteiger partial charge in [-0.1, -0.05) is 12.1 Å². The van der Waals surface area contributed by atoms with Crippen molar-refractivity contribution in [2.45, 2.75) is 13.0 Å². The van der Waals surface area contributed by atoms with Crippen molar-refractivity contribution in [3.63, 3.8) is 0 Å². The largest absolute Gasteiger partial charge is 0.497 e. The van der Waals surface area contributed by atoms with Crippen molar-refractivity contribution in [2.75, 3.05) is 12.0 Å². The number of non-ortho nitro benzene ring substituents is 1. The summed E-state index contributed by atoms with van der Waals surface area (Å²) in [5.41, 5.74) is 0.353. The van der Waals surface area contributed by atoms with Gasteiger partial charge in [0.05, 0.1) is 17.7 Å². The van der Waals surface area contributed by atoms with E-state index in [0.717, 1.165) is 11.0 Å². The van der Waals surface area contributed by atoms with Crippen molar-refractivity contribution < 1.29 is 29.1 Å². The fraction of sp³-hybridized carbons (Fsp3) is 0.158. The van der Waals surface area contributed by atoms with Crippen LogP contribution in [0, 0.1) is 10.1 Å². The lowest BCUT2D eigenvalue weighted by molar-refractivity contribution is -0.384. The molecule has 2 aromatic carbocycles. The van der Waals surface area contributed by atoms with E-state index in [2.05, 4.69) is 0 Å². The molecule has 1 amide bonds. The van der Waals surface area contributed by atoms with E-state index in [9.17, 15) is 24.8 Å². The average Bonchev–Trinajstić information content (AvgIpc) is 2.67. The molecule has 28 heavy (non-hydrogen) atoms. The van der Waals surface area contributed by atoms with Gasteiger partial charge in [0.25, 0.3) is 11.6 Å². The van der Waals surface area contributed by atoms with E-state index in [1.807, 2.05) is 0 Å². The van der Waals surface area contributed by atoms with Gasteiger partial charge in [-0.05, 0) is 36.8 Å². The van der Waals surface area contributed by atoms with Crippen LogP contribution in [0.1, 0.15) is 12.5 Å². The first kappa shape index (κ1) is 18.9. The number of nitrogens with zero attached hydrogens (tertiary/aromatic N) is 2. The summed E-state index contributed by atoms with van der Waals surface area (Å²) in [5.74, 6) is -1.36. The average molecular weight is 384 g/mol. The molecule has 0 aliphatic carbocycles. The van der Waals surface area contributed by atoms with Crippen LogP contribution in [0.4, 0.5) is 11.4 Å². The number of benzene rings is 2. The molecule has 9 nitrogen and oxygen atoms in total. The Bertz CT molecular complexity index is 1000. The Labute approximate surface area is 159 Å². The Balaban J connectivity index is 2.11. The number of nitro groups is 1. The van der Waals surface area contributed by atoms with Crippen LogP contribution >= 0.6 is 0 Å². The molecule has 1 aliphatic rings. The summed E-state index contributed by atoms with van der Waals surface area (Å²) in [6.07, 6.45) is 1.46. The van der Waals surface area contributed by atoms with Crippen molar-refractivity contribution in [3.8, 4) is 11.5 Å². The summed E-state index contributed by atoms with van der Waals surface area (Å²) in [7, 11) is 1.51. The molecule has 2 aromatic rings. The normalized spacial score (nSPS) is 15.6. The summed E-state index contributed by atoms with van der Waals surface area (Å²) in [5, 5.41) is 20.5. The van der Waals surface area contributed by atoms with Gasteiger partial charge in [-0.15, -0.1) is 0 Å². The third kappa shape index (κ3) is 3.50. The lowest BCUT2D eigenvalue weighted by Crippen LogP contribution is -2.47. The molecule has 0 radical (unpaired) electrons. The van der Waals surface area contributed by atoms with E-state index >= 15 is 0 Å². The summed E-state index contributed by atoms with van der Waals surface area (Å²) in [4.78, 5) is 35.9. The molecule has 0 aromatic heterocycles. The standard InChI is InChI=1S/C19H16N2O7/c1-11(19(23)24)20-15-10-13(21(25)26)6-7-16(15)28-17(18(20)22)9-12-4-3-5-14(8-12)27-2/h3-11H,1-2H3,(H,23,24)/b17-9+. The van der Waals surface area contributed by atoms with Gasteiger partial charge in [-0.3, -0.25) is 19.8 Å². The summed E-state index contributed by atoms with van der Waals surface area (Å²) >= 11 is 0. The Morgan fingerprint density at radius 1 is 1.32 bits per heavy atom. The van der Waals surface area contributed by atoms with Crippen LogP contribution in [0.15, 0.2) is 48.2 Å². The smallest absolute Gasteiger partial charge is 0.326 e. The Morgan fingerprint density at radius 2 is 2.07 bits per heavy atom. The monoisotopic (exact) mass is 384 g/mol. The number of carbonyl (C=O) groups excluding carboxylic acids is 1. The number of carboxylic acids is 1. The molecule has 144 valence electrons. The van der Waals surface area contributed by atoms with Gasteiger partial charge >= 0.3 is 5.97 Å². The van der Waals surface area contributed by atoms with Gasteiger partial charge in [-0.2, -0.15) is 0 Å². The Morgan fingerprint density at radius 3 is 2.71 bits per heavy atom. The molecule has 0 spiro atoms. The second kappa shape index (κ2) is 7.39. The van der Waals surface area contributed by atoms with Gasteiger partial charge in [0.15, 0.2) is 11.5 Å². The second-order valence-electron chi connectivity index (χ2n) is 5.99. The van der Waals surface area contributed by atoms with Crippen molar-refractivity contribution in [1.29, 1.82) is 0 Å². The van der Waals surface area contributed by atoms with Gasteiger partial charge < -0.3 is 14.6 Å². The zero-order valence-electron chi connectivity index (χ0n) is 15.0. The second-order valence-corrected chi connectivity index (χ2v) is 5.99. The zero-order chi connectivity index (χ0) is 20.4. The van der Waals surface area contributed by atoms with Crippen molar-refractivity contribution in [1.82, 2.24) is 0 Å². The van der Waals surface area contributed by atoms with E-state index in [4.69, 9.17) is 9.47 Å². The predicted octanol–water partition coefficient (Wildman–Crippen LogP) is 2.84. The molecule has 1 atom stereocenters. The highest BCUT2D eigenvalue weighted by Crippen LogP contribution is 2.39. The summed E-state index contributed by atoms with van der Waals surface area (Å²) < 4.78 is 10.8. The first-order chi connectivity index (χ1) is 13.3. The number of hydrogen-bond donors (Lipinski definition) is 1. The number of hydrogen-bond acceptors (Lipinski definition) is 6. The molecule has 1 unspecified atom stereocenters. The van der Waals surface area contributed by atoms with E-state index in [0.29, 0.717) is 11.3 Å². The van der Waals surface area contributed by atoms with Crippen molar-refractivity contribution >= 4 is 29.3 Å². The zero-order valence-corrected chi connectivity index (χ0v) is 15.0. The maximum Gasteiger partial charge on any atom is 0.326 e. The minimum atomic E-state index is -1.26. The number of rotatable bonds is 5. The highest BCUT2D eigenvalue weighted by atomic mass is 16.6. The number of ether oxygens (including phenoxy) is 2. The topological polar surface area (TPSA) is 119 Å². The van der Waals surface area contributed by atoms with Crippen LogP contribution < -0.4 is 14.4 Å². The highest BCUT2D eigenvalue weighted by Gasteiger charge is 2.37. The van der Waals surface area contributed by atoms with E-state index < -0.39 is 22.8 Å². The molecule has 1 aliphatic heterocycles. The van der Waals surface area contributed by atoms with Crippen molar-refractivity contribution in [3.05, 3.63) is 63.9 Å². The molecular weight excluding hydrogens is 368 g/mol. The summed E-state index contributed by atoms with van der Waals surface area (Å²) in [6, 6.07) is 9.29.